The van der Waals surface area contributed by atoms with Crippen molar-refractivity contribution in [3.05, 3.63) is 128 Å². The van der Waals surface area contributed by atoms with Crippen LogP contribution >= 0.6 is 53.4 Å². The average molecular weight is 580 g/mol. The van der Waals surface area contributed by atoms with Crippen LogP contribution in [-0.4, -0.2) is 0 Å². The van der Waals surface area contributed by atoms with Gasteiger partial charge in [-0.15, -0.1) is 0 Å². The smallest absolute Gasteiger partial charge is 0.0186 e. The molecule has 0 saturated heterocycles. The first-order chi connectivity index (χ1) is 15.6. The normalized spacial score (nSPS) is 11.4. The van der Waals surface area contributed by atoms with Gasteiger partial charge in [-0.1, -0.05) is 126 Å². The molecule has 0 aliphatic rings. The maximum Gasteiger partial charge on any atom is 0.0186 e. The van der Waals surface area contributed by atoms with Crippen LogP contribution in [0.2, 0.25) is 0 Å². The fourth-order valence-corrected chi connectivity index (χ4v) is 5.36. The Bertz CT molecular complexity index is 1090. The van der Waals surface area contributed by atoms with Gasteiger partial charge in [-0.25, -0.2) is 0 Å². The van der Waals surface area contributed by atoms with Crippen LogP contribution in [0.3, 0.4) is 0 Å². The Morgan fingerprint density at radius 3 is 0.906 bits per heavy atom. The molecule has 4 rings (SSSR count). The van der Waals surface area contributed by atoms with E-state index in [4.69, 9.17) is 0 Å². The van der Waals surface area contributed by atoms with E-state index >= 15 is 0 Å². The van der Waals surface area contributed by atoms with Gasteiger partial charge in [0.05, 0.1) is 0 Å². The third-order valence-corrected chi connectivity index (χ3v) is 8.15. The van der Waals surface area contributed by atoms with Crippen molar-refractivity contribution in [2.24, 2.45) is 0 Å². The van der Waals surface area contributed by atoms with Crippen molar-refractivity contribution >= 4 is 77.8 Å². The van der Waals surface area contributed by atoms with Crippen LogP contribution in [0.4, 0.5) is 0 Å². The molecule has 0 saturated carbocycles. The van der Waals surface area contributed by atoms with Gasteiger partial charge in [-0.05, 0) is 70.8 Å². The number of rotatable bonds is 7. The molecular formula is C28H20Br2S2. The summed E-state index contributed by atoms with van der Waals surface area (Å²) in [6.45, 7) is 0. The van der Waals surface area contributed by atoms with Crippen molar-refractivity contribution in [1.29, 1.82) is 0 Å². The van der Waals surface area contributed by atoms with Crippen LogP contribution < -0.4 is 0 Å². The predicted molar refractivity (Wildman–Crippen MR) is 151 cm³/mol. The van der Waals surface area contributed by atoms with Gasteiger partial charge in [0.15, 0.2) is 0 Å². The van der Waals surface area contributed by atoms with E-state index in [2.05, 4.69) is 153 Å². The lowest BCUT2D eigenvalue weighted by molar-refractivity contribution is 1.45. The van der Waals surface area contributed by atoms with Gasteiger partial charge < -0.3 is 0 Å². The molecule has 0 N–H and O–H groups in total. The highest BCUT2D eigenvalue weighted by molar-refractivity contribution is 9.10. The van der Waals surface area contributed by atoms with Gasteiger partial charge in [0.1, 0.15) is 0 Å². The molecule has 0 spiro atoms. The first-order valence-corrected chi connectivity index (χ1v) is 13.8. The van der Waals surface area contributed by atoms with Crippen LogP contribution in [-0.2, 0) is 0 Å². The number of hydrogen-bond donors (Lipinski definition) is 0. The molecule has 0 bridgehead atoms. The predicted octanol–water partition coefficient (Wildman–Crippen LogP) is 10.4. The third kappa shape index (κ3) is 7.28. The maximum atomic E-state index is 3.47. The second-order valence-electron chi connectivity index (χ2n) is 7.07. The first-order valence-electron chi connectivity index (χ1n) is 10.1. The molecule has 0 nitrogen and oxygen atoms in total. The Hall–Kier alpha value is -1.98. The molecule has 0 radical (unpaired) electrons. The van der Waals surface area contributed by atoms with E-state index in [9.17, 15) is 0 Å². The zero-order valence-electron chi connectivity index (χ0n) is 17.1. The molecule has 0 fully saturated rings. The first kappa shape index (κ1) is 23.2. The van der Waals surface area contributed by atoms with Gasteiger partial charge in [0.25, 0.3) is 0 Å². The summed E-state index contributed by atoms with van der Waals surface area (Å²) >= 11 is 6.94. The average Bonchev–Trinajstić information content (AvgIpc) is 2.83. The van der Waals surface area contributed by atoms with Gasteiger partial charge in [0, 0.05) is 18.7 Å². The highest BCUT2D eigenvalue weighted by atomic mass is 79.9. The van der Waals surface area contributed by atoms with Gasteiger partial charge in [0.2, 0.25) is 0 Å². The molecule has 4 heteroatoms. The fourth-order valence-electron chi connectivity index (χ4n) is 2.90. The molecule has 0 aromatic heterocycles. The number of benzene rings is 4. The Kier molecular flexibility index (Phi) is 8.52. The van der Waals surface area contributed by atoms with Crippen LogP contribution in [0.1, 0.15) is 22.3 Å². The van der Waals surface area contributed by atoms with Gasteiger partial charge in [-0.2, -0.15) is 0 Å². The van der Waals surface area contributed by atoms with E-state index in [1.165, 1.54) is 32.0 Å². The van der Waals surface area contributed by atoms with Crippen molar-refractivity contribution in [2.45, 2.75) is 9.79 Å². The summed E-state index contributed by atoms with van der Waals surface area (Å²) < 4.78 is 2.20. The zero-order chi connectivity index (χ0) is 22.2. The van der Waals surface area contributed by atoms with Crippen molar-refractivity contribution in [3.63, 3.8) is 0 Å². The van der Waals surface area contributed by atoms with E-state index in [1.807, 2.05) is 0 Å². The summed E-state index contributed by atoms with van der Waals surface area (Å²) in [4.78, 5) is 2.49. The minimum Gasteiger partial charge on any atom is -0.0544 e. The van der Waals surface area contributed by atoms with E-state index in [1.54, 1.807) is 21.6 Å². The van der Waals surface area contributed by atoms with Crippen LogP contribution in [0.5, 0.6) is 0 Å². The molecule has 32 heavy (non-hydrogen) atoms. The summed E-state index contributed by atoms with van der Waals surface area (Å²) in [6.07, 6.45) is 8.56. The monoisotopic (exact) mass is 578 g/mol. The summed E-state index contributed by atoms with van der Waals surface area (Å²) in [7, 11) is 3.56. The lowest BCUT2D eigenvalue weighted by atomic mass is 10.1. The molecule has 0 heterocycles. The fraction of sp³-hybridized carbons (Fsp3) is 0. The topological polar surface area (TPSA) is 0 Å². The van der Waals surface area contributed by atoms with Crippen molar-refractivity contribution in [3.8, 4) is 0 Å². The van der Waals surface area contributed by atoms with Crippen molar-refractivity contribution in [1.82, 2.24) is 0 Å². The second kappa shape index (κ2) is 11.8. The van der Waals surface area contributed by atoms with E-state index in [-0.39, 0.29) is 0 Å². The van der Waals surface area contributed by atoms with Gasteiger partial charge in [-0.3, -0.25) is 0 Å². The zero-order valence-corrected chi connectivity index (χ0v) is 21.9. The molecule has 0 aliphatic carbocycles. The molecular weight excluding hydrogens is 560 g/mol. The number of halogens is 2. The van der Waals surface area contributed by atoms with E-state index in [0.29, 0.717) is 0 Å². The maximum absolute atomic E-state index is 3.47. The standard InChI is InChI=1S/C28H20Br2S2/c29-25-13-5-21(6-14-25)1-3-23-9-17-27(18-10-23)31-32-28-19-11-24(12-20-28)4-2-22-7-15-26(30)16-8-22/h1-20H. The van der Waals surface area contributed by atoms with Gasteiger partial charge >= 0.3 is 0 Å². The molecule has 0 aliphatic heterocycles. The molecule has 0 atom stereocenters. The number of hydrogen-bond acceptors (Lipinski definition) is 2. The summed E-state index contributed by atoms with van der Waals surface area (Å²) in [5.74, 6) is 0. The Labute approximate surface area is 214 Å². The lowest BCUT2D eigenvalue weighted by Gasteiger charge is -2.03. The Balaban J connectivity index is 1.29. The van der Waals surface area contributed by atoms with Crippen LogP contribution in [0, 0.1) is 0 Å². The third-order valence-electron chi connectivity index (χ3n) is 4.67. The minimum atomic E-state index is 1.10. The molecule has 0 amide bonds. The highest BCUT2D eigenvalue weighted by Gasteiger charge is 1.99. The van der Waals surface area contributed by atoms with Crippen LogP contribution in [0.25, 0.3) is 24.3 Å². The van der Waals surface area contributed by atoms with E-state index in [0.717, 1.165) is 8.95 Å². The van der Waals surface area contributed by atoms with Crippen LogP contribution in [0.15, 0.2) is 116 Å². The molecule has 0 unspecified atom stereocenters. The second-order valence-corrected chi connectivity index (χ2v) is 11.2. The minimum absolute atomic E-state index is 1.10. The summed E-state index contributed by atoms with van der Waals surface area (Å²) in [6, 6.07) is 34.0. The SMILES string of the molecule is Brc1ccc(C=Cc2ccc(SSc3ccc(C=Cc4ccc(Br)cc4)cc3)cc2)cc1. The summed E-state index contributed by atoms with van der Waals surface area (Å²) in [5, 5.41) is 0. The molecule has 158 valence electrons. The van der Waals surface area contributed by atoms with Crippen molar-refractivity contribution < 1.29 is 0 Å². The Morgan fingerprint density at radius 1 is 0.375 bits per heavy atom. The molecule has 4 aromatic rings. The summed E-state index contributed by atoms with van der Waals surface area (Å²) in [5.41, 5.74) is 4.78. The van der Waals surface area contributed by atoms with E-state index < -0.39 is 0 Å². The van der Waals surface area contributed by atoms with Crippen molar-refractivity contribution in [2.75, 3.05) is 0 Å². The highest BCUT2D eigenvalue weighted by Crippen LogP contribution is 2.37. The largest absolute Gasteiger partial charge is 0.0544 e. The lowest BCUT2D eigenvalue weighted by Crippen LogP contribution is -1.76. The quantitative estimate of drug-likeness (QED) is 0.158. The Morgan fingerprint density at radius 2 is 0.625 bits per heavy atom. The molecule has 4 aromatic carbocycles.